The molecule has 1 heteroatoms. The Labute approximate surface area is 69.1 Å². The predicted octanol–water partition coefficient (Wildman–Crippen LogP) is 2.12. The second-order valence-corrected chi connectivity index (χ2v) is 3.43. The molecule has 0 unspecified atom stereocenters. The average molecular weight is 152 g/mol. The average Bonchev–Trinajstić information content (AvgIpc) is 1.80. The minimum absolute atomic E-state index is 0.878. The number of aliphatic hydroxyl groups is 1. The van der Waals surface area contributed by atoms with E-state index >= 15 is 0 Å². The molecule has 0 atom stereocenters. The van der Waals surface area contributed by atoms with Crippen LogP contribution in [0.1, 0.15) is 34.6 Å². The van der Waals surface area contributed by atoms with Crippen molar-refractivity contribution < 1.29 is 5.11 Å². The fraction of sp³-hybridized carbons (Fsp3) is 0.600. The molecule has 1 nitrogen and oxygen atoms in total. The first-order valence-electron chi connectivity index (χ1n) is 3.72. The molecule has 0 radical (unpaired) electrons. The molecule has 0 aliphatic heterocycles. The SMILES string of the molecule is CC(C)=C(C)C#CC(C)(C)O. The third-order valence-electron chi connectivity index (χ3n) is 1.31. The van der Waals surface area contributed by atoms with E-state index in [1.807, 2.05) is 20.8 Å². The lowest BCUT2D eigenvalue weighted by Gasteiger charge is -2.06. The number of rotatable bonds is 0. The van der Waals surface area contributed by atoms with Gasteiger partial charge in [0, 0.05) is 0 Å². The summed E-state index contributed by atoms with van der Waals surface area (Å²) in [7, 11) is 0. The van der Waals surface area contributed by atoms with Crippen LogP contribution in [-0.2, 0) is 0 Å². The zero-order chi connectivity index (χ0) is 9.07. The van der Waals surface area contributed by atoms with E-state index in [1.165, 1.54) is 5.57 Å². The third kappa shape index (κ3) is 5.69. The second-order valence-electron chi connectivity index (χ2n) is 3.43. The van der Waals surface area contributed by atoms with Crippen molar-refractivity contribution in [3.05, 3.63) is 11.1 Å². The Bertz CT molecular complexity index is 213. The van der Waals surface area contributed by atoms with E-state index in [1.54, 1.807) is 13.8 Å². The Kier molecular flexibility index (Phi) is 3.35. The van der Waals surface area contributed by atoms with E-state index < -0.39 is 5.60 Å². The molecule has 0 heterocycles. The van der Waals surface area contributed by atoms with Crippen LogP contribution < -0.4 is 0 Å². The molecular weight excluding hydrogens is 136 g/mol. The smallest absolute Gasteiger partial charge is 0.120 e. The molecule has 0 aliphatic carbocycles. The molecule has 0 aromatic heterocycles. The van der Waals surface area contributed by atoms with Gasteiger partial charge in [-0.15, -0.1) is 0 Å². The van der Waals surface area contributed by atoms with Gasteiger partial charge in [0.25, 0.3) is 0 Å². The van der Waals surface area contributed by atoms with Gasteiger partial charge in [0.1, 0.15) is 5.60 Å². The monoisotopic (exact) mass is 152 g/mol. The van der Waals surface area contributed by atoms with Crippen LogP contribution in [0.15, 0.2) is 11.1 Å². The van der Waals surface area contributed by atoms with Gasteiger partial charge in [-0.3, -0.25) is 0 Å². The van der Waals surface area contributed by atoms with Gasteiger partial charge in [0.2, 0.25) is 0 Å². The Morgan fingerprint density at radius 1 is 1.18 bits per heavy atom. The highest BCUT2D eigenvalue weighted by atomic mass is 16.3. The molecule has 0 bridgehead atoms. The maximum atomic E-state index is 9.25. The molecule has 0 amide bonds. The Morgan fingerprint density at radius 3 is 1.91 bits per heavy atom. The maximum absolute atomic E-state index is 9.25. The molecule has 0 saturated heterocycles. The topological polar surface area (TPSA) is 20.2 Å². The van der Waals surface area contributed by atoms with Gasteiger partial charge in [-0.25, -0.2) is 0 Å². The number of hydrogen-bond donors (Lipinski definition) is 1. The van der Waals surface area contributed by atoms with Crippen molar-refractivity contribution in [2.75, 3.05) is 0 Å². The molecule has 0 saturated carbocycles. The van der Waals surface area contributed by atoms with E-state index in [2.05, 4.69) is 11.8 Å². The lowest BCUT2D eigenvalue weighted by atomic mass is 10.1. The zero-order valence-corrected chi connectivity index (χ0v) is 7.95. The van der Waals surface area contributed by atoms with Crippen molar-refractivity contribution >= 4 is 0 Å². The van der Waals surface area contributed by atoms with Gasteiger partial charge in [0.05, 0.1) is 0 Å². The highest BCUT2D eigenvalue weighted by Crippen LogP contribution is 2.02. The molecule has 11 heavy (non-hydrogen) atoms. The van der Waals surface area contributed by atoms with Crippen molar-refractivity contribution in [1.82, 2.24) is 0 Å². The quantitative estimate of drug-likeness (QED) is 0.527. The standard InChI is InChI=1S/C10H16O/c1-8(2)9(3)6-7-10(4,5)11/h11H,1-5H3. The largest absolute Gasteiger partial charge is 0.378 e. The summed E-state index contributed by atoms with van der Waals surface area (Å²) in [5, 5.41) is 9.25. The highest BCUT2D eigenvalue weighted by molar-refractivity contribution is 5.32. The maximum Gasteiger partial charge on any atom is 0.120 e. The number of allylic oxidation sites excluding steroid dienone is 2. The molecular formula is C10H16O. The summed E-state index contributed by atoms with van der Waals surface area (Å²) in [4.78, 5) is 0. The van der Waals surface area contributed by atoms with Gasteiger partial charge < -0.3 is 5.11 Å². The summed E-state index contributed by atoms with van der Waals surface area (Å²) in [5.41, 5.74) is 1.35. The number of hydrogen-bond acceptors (Lipinski definition) is 1. The molecule has 0 spiro atoms. The van der Waals surface area contributed by atoms with Crippen LogP contribution in [0.2, 0.25) is 0 Å². The molecule has 1 N–H and O–H groups in total. The van der Waals surface area contributed by atoms with Gasteiger partial charge in [-0.05, 0) is 40.2 Å². The van der Waals surface area contributed by atoms with Gasteiger partial charge >= 0.3 is 0 Å². The Morgan fingerprint density at radius 2 is 1.64 bits per heavy atom. The molecule has 0 rings (SSSR count). The lowest BCUT2D eigenvalue weighted by Crippen LogP contribution is -2.14. The van der Waals surface area contributed by atoms with Crippen molar-refractivity contribution in [3.8, 4) is 11.8 Å². The van der Waals surface area contributed by atoms with Crippen LogP contribution in [0, 0.1) is 11.8 Å². The third-order valence-corrected chi connectivity index (χ3v) is 1.31. The summed E-state index contributed by atoms with van der Waals surface area (Å²) in [6, 6.07) is 0. The van der Waals surface area contributed by atoms with E-state index in [0.717, 1.165) is 5.57 Å². The summed E-state index contributed by atoms with van der Waals surface area (Å²) >= 11 is 0. The predicted molar refractivity (Wildman–Crippen MR) is 48.1 cm³/mol. The summed E-state index contributed by atoms with van der Waals surface area (Å²) in [6.07, 6.45) is 0. The summed E-state index contributed by atoms with van der Waals surface area (Å²) < 4.78 is 0. The van der Waals surface area contributed by atoms with Gasteiger partial charge in [-0.2, -0.15) is 0 Å². The van der Waals surface area contributed by atoms with E-state index in [-0.39, 0.29) is 0 Å². The fourth-order valence-corrected chi connectivity index (χ4v) is 0.372. The second kappa shape index (κ2) is 3.59. The molecule has 62 valence electrons. The van der Waals surface area contributed by atoms with E-state index in [4.69, 9.17) is 0 Å². The minimum atomic E-state index is -0.878. The summed E-state index contributed by atoms with van der Waals surface area (Å²) in [5.74, 6) is 5.65. The van der Waals surface area contributed by atoms with Crippen LogP contribution in [-0.4, -0.2) is 10.7 Å². The van der Waals surface area contributed by atoms with Crippen molar-refractivity contribution in [2.24, 2.45) is 0 Å². The fourth-order valence-electron chi connectivity index (χ4n) is 0.372. The highest BCUT2D eigenvalue weighted by Gasteiger charge is 2.05. The summed E-state index contributed by atoms with van der Waals surface area (Å²) in [6.45, 7) is 9.33. The van der Waals surface area contributed by atoms with Crippen LogP contribution in [0.3, 0.4) is 0 Å². The van der Waals surface area contributed by atoms with Crippen molar-refractivity contribution in [2.45, 2.75) is 40.2 Å². The zero-order valence-electron chi connectivity index (χ0n) is 7.95. The van der Waals surface area contributed by atoms with Crippen LogP contribution in [0.25, 0.3) is 0 Å². The van der Waals surface area contributed by atoms with Crippen LogP contribution in [0.4, 0.5) is 0 Å². The first kappa shape index (κ1) is 10.3. The molecule has 0 aromatic carbocycles. The lowest BCUT2D eigenvalue weighted by molar-refractivity contribution is 0.143. The first-order chi connectivity index (χ1) is 4.83. The Balaban J connectivity index is 4.45. The van der Waals surface area contributed by atoms with Crippen LogP contribution >= 0.6 is 0 Å². The van der Waals surface area contributed by atoms with Gasteiger partial charge in [0.15, 0.2) is 0 Å². The van der Waals surface area contributed by atoms with E-state index in [0.29, 0.717) is 0 Å². The molecule has 0 fully saturated rings. The van der Waals surface area contributed by atoms with E-state index in [9.17, 15) is 5.11 Å². The van der Waals surface area contributed by atoms with Crippen molar-refractivity contribution in [3.63, 3.8) is 0 Å². The van der Waals surface area contributed by atoms with Gasteiger partial charge in [-0.1, -0.05) is 17.4 Å². The molecule has 0 aliphatic rings. The minimum Gasteiger partial charge on any atom is -0.378 e. The first-order valence-corrected chi connectivity index (χ1v) is 3.72. The normalized spacial score (nSPS) is 10.0. The van der Waals surface area contributed by atoms with Crippen LogP contribution in [0.5, 0.6) is 0 Å². The van der Waals surface area contributed by atoms with Crippen molar-refractivity contribution in [1.29, 1.82) is 0 Å². The Hall–Kier alpha value is -0.740. The molecule has 0 aromatic rings.